The number of ether oxygens (including phenoxy) is 1. The number of nitrogens with one attached hydrogen (secondary N) is 1. The molecule has 0 spiro atoms. The third-order valence-corrected chi connectivity index (χ3v) is 4.15. The number of benzene rings is 1. The van der Waals surface area contributed by atoms with Crippen molar-refractivity contribution in [3.8, 4) is 0 Å². The molecule has 22 heavy (non-hydrogen) atoms. The van der Waals surface area contributed by atoms with Crippen molar-refractivity contribution in [3.05, 3.63) is 29.8 Å². The van der Waals surface area contributed by atoms with E-state index in [1.54, 1.807) is 4.90 Å². The summed E-state index contributed by atoms with van der Waals surface area (Å²) in [5.74, 6) is 0. The lowest BCUT2D eigenvalue weighted by Crippen LogP contribution is -2.48. The Hall–Kier alpha value is -1.59. The van der Waals surface area contributed by atoms with Crippen molar-refractivity contribution in [1.82, 2.24) is 10.2 Å². The summed E-state index contributed by atoms with van der Waals surface area (Å²) in [6.45, 7) is 10.9. The van der Waals surface area contributed by atoms with E-state index in [1.165, 1.54) is 0 Å². The maximum atomic E-state index is 12.4. The number of hydrogen-bond acceptors (Lipinski definition) is 3. The van der Waals surface area contributed by atoms with Crippen LogP contribution in [0.4, 0.5) is 10.5 Å². The van der Waals surface area contributed by atoms with E-state index >= 15 is 0 Å². The summed E-state index contributed by atoms with van der Waals surface area (Å²) in [4.78, 5) is 16.6. The van der Waals surface area contributed by atoms with Crippen molar-refractivity contribution in [2.75, 3.05) is 44.3 Å². The second-order valence-corrected chi connectivity index (χ2v) is 5.72. The molecule has 0 aromatic heterocycles. The number of morpholine rings is 1. The smallest absolute Gasteiger partial charge is 0.321 e. The molecule has 1 atom stereocenters. The van der Waals surface area contributed by atoms with Crippen LogP contribution in [-0.4, -0.2) is 56.4 Å². The Balaban J connectivity index is 1.86. The van der Waals surface area contributed by atoms with Crippen LogP contribution < -0.4 is 10.2 Å². The van der Waals surface area contributed by atoms with E-state index in [9.17, 15) is 4.79 Å². The first-order valence-electron chi connectivity index (χ1n) is 8.06. The van der Waals surface area contributed by atoms with Crippen LogP contribution in [0.5, 0.6) is 0 Å². The van der Waals surface area contributed by atoms with Gasteiger partial charge in [-0.1, -0.05) is 18.2 Å². The molecule has 0 radical (unpaired) electrons. The second-order valence-electron chi connectivity index (χ2n) is 5.72. The SMILES string of the molecule is CCN(C(=O)NCCN1CCOC[C@@H]1C)c1ccccc1C. The molecule has 0 aliphatic carbocycles. The summed E-state index contributed by atoms with van der Waals surface area (Å²) < 4.78 is 5.43. The predicted octanol–water partition coefficient (Wildman–Crippen LogP) is 2.25. The fourth-order valence-electron chi connectivity index (χ4n) is 2.79. The van der Waals surface area contributed by atoms with Gasteiger partial charge in [-0.05, 0) is 32.4 Å². The first-order chi connectivity index (χ1) is 10.6. The molecule has 0 unspecified atom stereocenters. The Morgan fingerprint density at radius 2 is 2.23 bits per heavy atom. The molecule has 1 saturated heterocycles. The third kappa shape index (κ3) is 4.21. The van der Waals surface area contributed by atoms with Crippen molar-refractivity contribution in [2.45, 2.75) is 26.8 Å². The van der Waals surface area contributed by atoms with Gasteiger partial charge in [0.05, 0.1) is 13.2 Å². The fourth-order valence-corrected chi connectivity index (χ4v) is 2.79. The summed E-state index contributed by atoms with van der Waals surface area (Å²) in [6, 6.07) is 8.36. The number of urea groups is 1. The summed E-state index contributed by atoms with van der Waals surface area (Å²) in [6.07, 6.45) is 0. The van der Waals surface area contributed by atoms with Crippen molar-refractivity contribution < 1.29 is 9.53 Å². The first kappa shape index (κ1) is 16.8. The molecule has 1 aliphatic rings. The Morgan fingerprint density at radius 1 is 1.45 bits per heavy atom. The summed E-state index contributed by atoms with van der Waals surface area (Å²) in [7, 11) is 0. The Labute approximate surface area is 133 Å². The van der Waals surface area contributed by atoms with Crippen LogP contribution in [0.25, 0.3) is 0 Å². The molecule has 1 aromatic carbocycles. The van der Waals surface area contributed by atoms with E-state index in [4.69, 9.17) is 4.74 Å². The van der Waals surface area contributed by atoms with Crippen molar-refractivity contribution in [2.24, 2.45) is 0 Å². The highest BCUT2D eigenvalue weighted by atomic mass is 16.5. The fraction of sp³-hybridized carbons (Fsp3) is 0.588. The summed E-state index contributed by atoms with van der Waals surface area (Å²) >= 11 is 0. The van der Waals surface area contributed by atoms with Crippen molar-refractivity contribution in [1.29, 1.82) is 0 Å². The third-order valence-electron chi connectivity index (χ3n) is 4.15. The molecule has 122 valence electrons. The van der Waals surface area contributed by atoms with Crippen LogP contribution in [0.3, 0.4) is 0 Å². The maximum absolute atomic E-state index is 12.4. The number of carbonyl (C=O) groups excluding carboxylic acids is 1. The molecule has 1 aliphatic heterocycles. The average Bonchev–Trinajstić information content (AvgIpc) is 2.52. The zero-order valence-corrected chi connectivity index (χ0v) is 13.8. The van der Waals surface area contributed by atoms with Gasteiger partial charge in [-0.25, -0.2) is 4.79 Å². The van der Waals surface area contributed by atoms with Gasteiger partial charge in [0, 0.05) is 37.9 Å². The minimum absolute atomic E-state index is 0.0299. The van der Waals surface area contributed by atoms with Gasteiger partial charge in [0.1, 0.15) is 0 Å². The topological polar surface area (TPSA) is 44.8 Å². The highest BCUT2D eigenvalue weighted by Gasteiger charge is 2.19. The number of aryl methyl sites for hydroxylation is 1. The van der Waals surface area contributed by atoms with E-state index in [0.29, 0.717) is 19.1 Å². The normalized spacial score (nSPS) is 19.0. The van der Waals surface area contributed by atoms with Crippen LogP contribution in [0.1, 0.15) is 19.4 Å². The highest BCUT2D eigenvalue weighted by molar-refractivity contribution is 5.92. The van der Waals surface area contributed by atoms with Crippen LogP contribution in [-0.2, 0) is 4.74 Å². The number of amides is 2. The first-order valence-corrected chi connectivity index (χ1v) is 8.06. The molecular formula is C17H27N3O2. The minimum Gasteiger partial charge on any atom is -0.379 e. The lowest BCUT2D eigenvalue weighted by Gasteiger charge is -2.33. The van der Waals surface area contributed by atoms with E-state index in [0.717, 1.165) is 37.6 Å². The zero-order chi connectivity index (χ0) is 15.9. The van der Waals surface area contributed by atoms with Crippen LogP contribution in [0, 0.1) is 6.92 Å². The molecule has 0 bridgehead atoms. The molecule has 5 nitrogen and oxygen atoms in total. The lowest BCUT2D eigenvalue weighted by atomic mass is 10.2. The Bertz CT molecular complexity index is 493. The van der Waals surface area contributed by atoms with Crippen LogP contribution in [0.2, 0.25) is 0 Å². The molecule has 1 fully saturated rings. The molecule has 1 heterocycles. The second kappa shape index (κ2) is 8.15. The average molecular weight is 305 g/mol. The molecule has 1 N–H and O–H groups in total. The molecule has 5 heteroatoms. The minimum atomic E-state index is -0.0299. The van der Waals surface area contributed by atoms with E-state index in [1.807, 2.05) is 38.1 Å². The van der Waals surface area contributed by atoms with Crippen LogP contribution in [0.15, 0.2) is 24.3 Å². The Morgan fingerprint density at radius 3 is 2.91 bits per heavy atom. The van der Waals surface area contributed by atoms with Gasteiger partial charge in [0.2, 0.25) is 0 Å². The van der Waals surface area contributed by atoms with Crippen molar-refractivity contribution >= 4 is 11.7 Å². The molecule has 2 rings (SSSR count). The van der Waals surface area contributed by atoms with Gasteiger partial charge in [-0.2, -0.15) is 0 Å². The standard InChI is InChI=1S/C17H27N3O2/c1-4-20(16-8-6-5-7-14(16)2)17(21)18-9-10-19-11-12-22-13-15(19)3/h5-8,15H,4,9-13H2,1-3H3,(H,18,21)/t15-/m0/s1. The maximum Gasteiger partial charge on any atom is 0.321 e. The van der Waals surface area contributed by atoms with E-state index in [2.05, 4.69) is 17.1 Å². The number of anilines is 1. The van der Waals surface area contributed by atoms with E-state index < -0.39 is 0 Å². The van der Waals surface area contributed by atoms with E-state index in [-0.39, 0.29) is 6.03 Å². The lowest BCUT2D eigenvalue weighted by molar-refractivity contribution is 0.000755. The predicted molar refractivity (Wildman–Crippen MR) is 89.5 cm³/mol. The molecule has 1 aromatic rings. The van der Waals surface area contributed by atoms with Gasteiger partial charge in [-0.3, -0.25) is 9.80 Å². The number of rotatable bonds is 5. The molecular weight excluding hydrogens is 278 g/mol. The molecule has 2 amide bonds. The largest absolute Gasteiger partial charge is 0.379 e. The summed E-state index contributed by atoms with van der Waals surface area (Å²) in [5.41, 5.74) is 2.09. The van der Waals surface area contributed by atoms with Crippen molar-refractivity contribution in [3.63, 3.8) is 0 Å². The number of carbonyl (C=O) groups is 1. The number of para-hydroxylation sites is 1. The van der Waals surface area contributed by atoms with Gasteiger partial charge in [0.25, 0.3) is 0 Å². The Kier molecular flexibility index (Phi) is 6.21. The monoisotopic (exact) mass is 305 g/mol. The van der Waals surface area contributed by atoms with Gasteiger partial charge < -0.3 is 10.1 Å². The highest BCUT2D eigenvalue weighted by Crippen LogP contribution is 2.19. The number of nitrogens with zero attached hydrogens (tertiary/aromatic N) is 2. The summed E-state index contributed by atoms with van der Waals surface area (Å²) in [5, 5.41) is 3.03. The molecule has 0 saturated carbocycles. The van der Waals surface area contributed by atoms with Gasteiger partial charge in [-0.15, -0.1) is 0 Å². The van der Waals surface area contributed by atoms with Gasteiger partial charge >= 0.3 is 6.03 Å². The number of hydrogen-bond donors (Lipinski definition) is 1. The zero-order valence-electron chi connectivity index (χ0n) is 13.8. The quantitative estimate of drug-likeness (QED) is 0.907. The van der Waals surface area contributed by atoms with Crippen LogP contribution >= 0.6 is 0 Å². The van der Waals surface area contributed by atoms with Gasteiger partial charge in [0.15, 0.2) is 0 Å².